The molecular weight excluding hydrogens is 190 g/mol. The fraction of sp³-hybridized carbons (Fsp3) is 0. The second-order valence-corrected chi connectivity index (χ2v) is 2.32. The molecule has 0 spiro atoms. The number of rotatable bonds is 2. The van der Waals surface area contributed by atoms with Crippen molar-refractivity contribution in [1.29, 1.82) is 0 Å². The highest BCUT2D eigenvalue weighted by Gasteiger charge is 2.11. The standard InChI is InChI=1S/C7H5N3O4/c11-7(12)8-6-10-9-5(14-6)4-2-1-3-13-4/h1-3H,(H,8,10)(H,11,12). The van der Waals surface area contributed by atoms with Crippen LogP contribution in [0.5, 0.6) is 0 Å². The summed E-state index contributed by atoms with van der Waals surface area (Å²) in [5, 5.41) is 17.3. The van der Waals surface area contributed by atoms with Crippen molar-refractivity contribution < 1.29 is 18.7 Å². The van der Waals surface area contributed by atoms with E-state index in [1.54, 1.807) is 12.1 Å². The van der Waals surface area contributed by atoms with Gasteiger partial charge in [0.05, 0.1) is 6.26 Å². The molecule has 2 aromatic heterocycles. The Labute approximate surface area is 77.4 Å². The summed E-state index contributed by atoms with van der Waals surface area (Å²) >= 11 is 0. The van der Waals surface area contributed by atoms with Crippen molar-refractivity contribution in [2.24, 2.45) is 0 Å². The van der Waals surface area contributed by atoms with Crippen molar-refractivity contribution in [2.75, 3.05) is 5.32 Å². The Balaban J connectivity index is 2.22. The van der Waals surface area contributed by atoms with Gasteiger partial charge < -0.3 is 13.9 Å². The molecule has 0 aromatic carbocycles. The number of carbonyl (C=O) groups is 1. The smallest absolute Gasteiger partial charge is 0.412 e. The minimum atomic E-state index is -1.26. The second kappa shape index (κ2) is 3.21. The minimum absolute atomic E-state index is 0.124. The molecule has 2 heterocycles. The summed E-state index contributed by atoms with van der Waals surface area (Å²) in [4.78, 5) is 10.2. The molecule has 0 aliphatic rings. The highest BCUT2D eigenvalue weighted by Crippen LogP contribution is 2.19. The van der Waals surface area contributed by atoms with E-state index in [2.05, 4.69) is 10.2 Å². The maximum Gasteiger partial charge on any atom is 0.412 e. The average molecular weight is 195 g/mol. The summed E-state index contributed by atoms with van der Waals surface area (Å²) in [5.41, 5.74) is 0. The van der Waals surface area contributed by atoms with Crippen molar-refractivity contribution >= 4 is 12.1 Å². The van der Waals surface area contributed by atoms with E-state index < -0.39 is 6.09 Å². The molecule has 0 saturated carbocycles. The largest absolute Gasteiger partial charge is 0.465 e. The Morgan fingerprint density at radius 3 is 3.00 bits per heavy atom. The van der Waals surface area contributed by atoms with Gasteiger partial charge in [0.1, 0.15) is 0 Å². The van der Waals surface area contributed by atoms with Gasteiger partial charge in [-0.2, -0.15) is 0 Å². The van der Waals surface area contributed by atoms with Crippen molar-refractivity contribution in [1.82, 2.24) is 10.2 Å². The van der Waals surface area contributed by atoms with Crippen LogP contribution in [0, 0.1) is 0 Å². The van der Waals surface area contributed by atoms with Gasteiger partial charge in [-0.1, -0.05) is 5.10 Å². The molecule has 0 unspecified atom stereocenters. The van der Waals surface area contributed by atoms with Gasteiger partial charge in [0.2, 0.25) is 0 Å². The van der Waals surface area contributed by atoms with E-state index in [1.807, 2.05) is 5.32 Å². The Morgan fingerprint density at radius 2 is 2.36 bits per heavy atom. The zero-order chi connectivity index (χ0) is 9.97. The SMILES string of the molecule is O=C(O)Nc1nnc(-c2ccco2)o1. The van der Waals surface area contributed by atoms with E-state index in [9.17, 15) is 4.79 Å². The van der Waals surface area contributed by atoms with E-state index in [4.69, 9.17) is 13.9 Å². The average Bonchev–Trinajstić information content (AvgIpc) is 2.69. The summed E-state index contributed by atoms with van der Waals surface area (Å²) < 4.78 is 9.90. The molecule has 2 aromatic rings. The molecule has 0 fully saturated rings. The summed E-state index contributed by atoms with van der Waals surface area (Å²) in [7, 11) is 0. The first-order valence-corrected chi connectivity index (χ1v) is 3.63. The maximum atomic E-state index is 10.2. The summed E-state index contributed by atoms with van der Waals surface area (Å²) in [5.74, 6) is 0.509. The first-order chi connectivity index (χ1) is 6.75. The monoisotopic (exact) mass is 195 g/mol. The Morgan fingerprint density at radius 1 is 1.50 bits per heavy atom. The molecular formula is C7H5N3O4. The predicted molar refractivity (Wildman–Crippen MR) is 43.6 cm³/mol. The van der Waals surface area contributed by atoms with Crippen LogP contribution in [0.4, 0.5) is 10.8 Å². The molecule has 7 nitrogen and oxygen atoms in total. The Kier molecular flexibility index (Phi) is 1.90. The number of furan rings is 1. The van der Waals surface area contributed by atoms with E-state index in [1.165, 1.54) is 6.26 Å². The van der Waals surface area contributed by atoms with Crippen LogP contribution < -0.4 is 5.32 Å². The third-order valence-electron chi connectivity index (χ3n) is 1.37. The molecule has 0 radical (unpaired) electrons. The quantitative estimate of drug-likeness (QED) is 0.751. The normalized spacial score (nSPS) is 10.0. The summed E-state index contributed by atoms with van der Waals surface area (Å²) in [6.07, 6.45) is 0.184. The molecule has 0 aliphatic carbocycles. The van der Waals surface area contributed by atoms with E-state index in [0.717, 1.165) is 0 Å². The van der Waals surface area contributed by atoms with Gasteiger partial charge in [0.15, 0.2) is 5.76 Å². The molecule has 0 aliphatic heterocycles. The highest BCUT2D eigenvalue weighted by atomic mass is 16.4. The molecule has 2 N–H and O–H groups in total. The third kappa shape index (κ3) is 1.56. The van der Waals surface area contributed by atoms with Crippen LogP contribution in [0.2, 0.25) is 0 Å². The third-order valence-corrected chi connectivity index (χ3v) is 1.37. The lowest BCUT2D eigenvalue weighted by molar-refractivity contribution is 0.209. The first kappa shape index (κ1) is 8.30. The van der Waals surface area contributed by atoms with Gasteiger partial charge in [-0.05, 0) is 12.1 Å². The number of anilines is 1. The Bertz CT molecular complexity index is 433. The van der Waals surface area contributed by atoms with Crippen LogP contribution in [0.1, 0.15) is 0 Å². The maximum absolute atomic E-state index is 10.2. The lowest BCUT2D eigenvalue weighted by atomic mass is 10.5. The van der Waals surface area contributed by atoms with Crippen LogP contribution in [0.15, 0.2) is 27.2 Å². The molecule has 2 rings (SSSR count). The van der Waals surface area contributed by atoms with Crippen LogP contribution >= 0.6 is 0 Å². The fourth-order valence-electron chi connectivity index (χ4n) is 0.865. The second-order valence-electron chi connectivity index (χ2n) is 2.32. The topological polar surface area (TPSA) is 101 Å². The van der Waals surface area contributed by atoms with Crippen molar-refractivity contribution in [3.8, 4) is 11.7 Å². The van der Waals surface area contributed by atoms with Crippen molar-refractivity contribution in [3.05, 3.63) is 18.4 Å². The molecule has 0 atom stereocenters. The van der Waals surface area contributed by atoms with Crippen molar-refractivity contribution in [2.45, 2.75) is 0 Å². The van der Waals surface area contributed by atoms with E-state index in [0.29, 0.717) is 5.76 Å². The molecule has 0 bridgehead atoms. The molecule has 72 valence electrons. The number of aromatic nitrogens is 2. The Hall–Kier alpha value is -2.31. The minimum Gasteiger partial charge on any atom is -0.465 e. The molecule has 0 saturated heterocycles. The number of nitrogens with one attached hydrogen (secondary N) is 1. The summed E-state index contributed by atoms with van der Waals surface area (Å²) in [6.45, 7) is 0. The molecule has 1 amide bonds. The number of amides is 1. The zero-order valence-electron chi connectivity index (χ0n) is 6.80. The number of hydrogen-bond donors (Lipinski definition) is 2. The molecule has 14 heavy (non-hydrogen) atoms. The van der Waals surface area contributed by atoms with E-state index >= 15 is 0 Å². The van der Waals surface area contributed by atoms with Crippen LogP contribution in [-0.2, 0) is 0 Å². The number of carboxylic acid groups (broad SMARTS) is 1. The number of hydrogen-bond acceptors (Lipinski definition) is 5. The lowest BCUT2D eigenvalue weighted by Crippen LogP contribution is -2.07. The van der Waals surface area contributed by atoms with Gasteiger partial charge in [-0.25, -0.2) is 10.1 Å². The highest BCUT2D eigenvalue weighted by molar-refractivity contribution is 5.79. The molecule has 7 heteroatoms. The van der Waals surface area contributed by atoms with Gasteiger partial charge in [-0.15, -0.1) is 5.10 Å². The van der Waals surface area contributed by atoms with Gasteiger partial charge in [-0.3, -0.25) is 0 Å². The van der Waals surface area contributed by atoms with Crippen molar-refractivity contribution in [3.63, 3.8) is 0 Å². The lowest BCUT2D eigenvalue weighted by Gasteiger charge is -1.89. The fourth-order valence-corrected chi connectivity index (χ4v) is 0.865. The van der Waals surface area contributed by atoms with Gasteiger partial charge in [0, 0.05) is 0 Å². The summed E-state index contributed by atoms with van der Waals surface area (Å²) in [6, 6.07) is 3.09. The number of nitrogens with zero attached hydrogens (tertiary/aromatic N) is 2. The predicted octanol–water partition coefficient (Wildman–Crippen LogP) is 1.42. The van der Waals surface area contributed by atoms with Crippen LogP contribution in [0.3, 0.4) is 0 Å². The van der Waals surface area contributed by atoms with Gasteiger partial charge >= 0.3 is 12.1 Å². The van der Waals surface area contributed by atoms with Crippen LogP contribution in [0.25, 0.3) is 11.7 Å². The van der Waals surface area contributed by atoms with E-state index in [-0.39, 0.29) is 11.9 Å². The van der Waals surface area contributed by atoms with Crippen LogP contribution in [-0.4, -0.2) is 21.4 Å². The van der Waals surface area contributed by atoms with Gasteiger partial charge in [0.25, 0.3) is 5.89 Å². The zero-order valence-corrected chi connectivity index (χ0v) is 6.80. The first-order valence-electron chi connectivity index (χ1n) is 3.63.